The van der Waals surface area contributed by atoms with Crippen LogP contribution >= 0.6 is 12.2 Å². The van der Waals surface area contributed by atoms with Crippen molar-refractivity contribution >= 4 is 46.2 Å². The molecule has 1 aliphatic heterocycles. The zero-order chi connectivity index (χ0) is 22.8. The Balaban J connectivity index is 1.76. The van der Waals surface area contributed by atoms with Crippen molar-refractivity contribution in [3.05, 3.63) is 77.1 Å². The lowest BCUT2D eigenvalue weighted by Crippen LogP contribution is -2.33. The molecule has 0 atom stereocenters. The fourth-order valence-electron chi connectivity index (χ4n) is 3.69. The first-order valence-electron chi connectivity index (χ1n) is 9.88. The highest BCUT2D eigenvalue weighted by Gasteiger charge is 2.37. The van der Waals surface area contributed by atoms with Gasteiger partial charge in [0.25, 0.3) is 5.91 Å². The van der Waals surface area contributed by atoms with Crippen LogP contribution in [0.25, 0.3) is 17.0 Å². The van der Waals surface area contributed by atoms with Gasteiger partial charge in [-0.1, -0.05) is 30.3 Å². The molecule has 1 aliphatic rings. The molecule has 160 valence electrons. The second-order valence-electron chi connectivity index (χ2n) is 7.38. The fourth-order valence-corrected chi connectivity index (χ4v) is 3.94. The van der Waals surface area contributed by atoms with Crippen LogP contribution in [0, 0.1) is 11.3 Å². The van der Waals surface area contributed by atoms with Crippen LogP contribution in [0.4, 0.5) is 0 Å². The Morgan fingerprint density at radius 2 is 1.91 bits per heavy atom. The van der Waals surface area contributed by atoms with Gasteiger partial charge in [-0.15, -0.1) is 0 Å². The molecule has 8 heteroatoms. The normalized spacial score (nSPS) is 15.0. The summed E-state index contributed by atoms with van der Waals surface area (Å²) in [7, 11) is 2.89. The molecule has 1 aromatic heterocycles. The van der Waals surface area contributed by atoms with Gasteiger partial charge in [-0.2, -0.15) is 5.26 Å². The molecular formula is C24H20N4O3S. The summed E-state index contributed by atoms with van der Waals surface area (Å²) in [5.74, 6) is -0.757. The van der Waals surface area contributed by atoms with Crippen molar-refractivity contribution in [1.82, 2.24) is 14.4 Å². The number of nitrogens with zero attached hydrogens (tertiary/aromatic N) is 4. The van der Waals surface area contributed by atoms with E-state index >= 15 is 0 Å². The SMILES string of the molecule is COC(=O)CN1C(=S)N(C)C(=O)/C1=C/c1cn(Cc2ccc(C#N)cc2)c2ccccc12. The van der Waals surface area contributed by atoms with E-state index in [-0.39, 0.29) is 17.6 Å². The van der Waals surface area contributed by atoms with Gasteiger partial charge in [0, 0.05) is 36.3 Å². The highest BCUT2D eigenvalue weighted by molar-refractivity contribution is 7.80. The maximum absolute atomic E-state index is 12.8. The first-order chi connectivity index (χ1) is 15.4. The van der Waals surface area contributed by atoms with E-state index in [0.29, 0.717) is 17.8 Å². The summed E-state index contributed by atoms with van der Waals surface area (Å²) in [5.41, 5.74) is 3.83. The number of likely N-dealkylation sites (N-methyl/N-ethyl adjacent to an activating group) is 1. The number of para-hydroxylation sites is 1. The van der Waals surface area contributed by atoms with Crippen LogP contribution in [-0.2, 0) is 20.9 Å². The number of hydrogen-bond donors (Lipinski definition) is 0. The average Bonchev–Trinajstić information content (AvgIpc) is 3.25. The number of methoxy groups -OCH3 is 1. The van der Waals surface area contributed by atoms with E-state index in [1.165, 1.54) is 16.9 Å². The molecular weight excluding hydrogens is 424 g/mol. The standard InChI is InChI=1S/C24H20N4O3S/c1-26-23(30)21(28(24(26)32)15-22(29)31-2)11-18-14-27(20-6-4-3-5-19(18)20)13-17-9-7-16(12-25)8-10-17/h3-11,14H,13,15H2,1-2H3/b21-11-. The van der Waals surface area contributed by atoms with E-state index < -0.39 is 5.97 Å². The number of carbonyl (C=O) groups is 2. The average molecular weight is 445 g/mol. The summed E-state index contributed by atoms with van der Waals surface area (Å²) in [5, 5.41) is 10.2. The molecule has 32 heavy (non-hydrogen) atoms. The molecule has 1 amide bonds. The number of rotatable bonds is 5. The topological polar surface area (TPSA) is 78.6 Å². The Hall–Kier alpha value is -3.96. The van der Waals surface area contributed by atoms with Crippen molar-refractivity contribution in [1.29, 1.82) is 5.26 Å². The van der Waals surface area contributed by atoms with Gasteiger partial charge in [0.2, 0.25) is 0 Å². The second kappa shape index (κ2) is 8.65. The van der Waals surface area contributed by atoms with Crippen LogP contribution < -0.4 is 0 Å². The van der Waals surface area contributed by atoms with Gasteiger partial charge in [0.15, 0.2) is 5.11 Å². The zero-order valence-electron chi connectivity index (χ0n) is 17.6. The highest BCUT2D eigenvalue weighted by Crippen LogP contribution is 2.28. The Morgan fingerprint density at radius 3 is 2.59 bits per heavy atom. The van der Waals surface area contributed by atoms with Crippen LogP contribution in [0.1, 0.15) is 16.7 Å². The highest BCUT2D eigenvalue weighted by atomic mass is 32.1. The summed E-state index contributed by atoms with van der Waals surface area (Å²) in [6.07, 6.45) is 3.74. The fraction of sp³-hybridized carbons (Fsp3) is 0.167. The third-order valence-corrected chi connectivity index (χ3v) is 5.89. The molecule has 0 bridgehead atoms. The molecule has 0 radical (unpaired) electrons. The smallest absolute Gasteiger partial charge is 0.325 e. The van der Waals surface area contributed by atoms with Gasteiger partial charge in [0.1, 0.15) is 12.2 Å². The largest absolute Gasteiger partial charge is 0.468 e. The molecule has 0 aliphatic carbocycles. The van der Waals surface area contributed by atoms with E-state index in [2.05, 4.69) is 10.6 Å². The second-order valence-corrected chi connectivity index (χ2v) is 7.74. The molecule has 3 aromatic rings. The monoisotopic (exact) mass is 444 g/mol. The van der Waals surface area contributed by atoms with Crippen molar-refractivity contribution in [3.8, 4) is 6.07 Å². The van der Waals surface area contributed by atoms with Crippen molar-refractivity contribution < 1.29 is 14.3 Å². The molecule has 2 heterocycles. The predicted molar refractivity (Wildman–Crippen MR) is 124 cm³/mol. The summed E-state index contributed by atoms with van der Waals surface area (Å²) >= 11 is 5.36. The number of esters is 1. The van der Waals surface area contributed by atoms with Crippen LogP contribution in [0.15, 0.2) is 60.4 Å². The molecule has 2 aromatic carbocycles. The van der Waals surface area contributed by atoms with Crippen molar-refractivity contribution in [2.75, 3.05) is 20.7 Å². The van der Waals surface area contributed by atoms with Crippen LogP contribution in [0.3, 0.4) is 0 Å². The molecule has 0 spiro atoms. The van der Waals surface area contributed by atoms with Gasteiger partial charge in [-0.3, -0.25) is 14.5 Å². The van der Waals surface area contributed by atoms with Crippen molar-refractivity contribution in [2.45, 2.75) is 6.54 Å². The minimum atomic E-state index is -0.482. The Bertz CT molecular complexity index is 1300. The number of ether oxygens (including phenoxy) is 1. The summed E-state index contributed by atoms with van der Waals surface area (Å²) < 4.78 is 6.86. The Kier molecular flexibility index (Phi) is 5.75. The summed E-state index contributed by atoms with van der Waals surface area (Å²) in [6, 6.07) is 17.5. The molecule has 0 N–H and O–H groups in total. The van der Waals surface area contributed by atoms with Gasteiger partial charge in [-0.25, -0.2) is 0 Å². The molecule has 4 rings (SSSR count). The summed E-state index contributed by atoms with van der Waals surface area (Å²) in [6.45, 7) is 0.467. The number of aromatic nitrogens is 1. The zero-order valence-corrected chi connectivity index (χ0v) is 18.4. The number of nitriles is 1. The van der Waals surface area contributed by atoms with E-state index in [1.807, 2.05) is 42.6 Å². The molecule has 0 saturated carbocycles. The third kappa shape index (κ3) is 3.86. The number of amides is 1. The van der Waals surface area contributed by atoms with E-state index in [0.717, 1.165) is 22.0 Å². The summed E-state index contributed by atoms with van der Waals surface area (Å²) in [4.78, 5) is 27.6. The van der Waals surface area contributed by atoms with Gasteiger partial charge in [0.05, 0.1) is 18.7 Å². The van der Waals surface area contributed by atoms with E-state index in [1.54, 1.807) is 25.3 Å². The molecule has 0 unspecified atom stereocenters. The number of benzene rings is 2. The van der Waals surface area contributed by atoms with Crippen molar-refractivity contribution in [3.63, 3.8) is 0 Å². The van der Waals surface area contributed by atoms with Crippen LogP contribution in [-0.4, -0.2) is 52.1 Å². The molecule has 7 nitrogen and oxygen atoms in total. The predicted octanol–water partition coefficient (Wildman–Crippen LogP) is 3.13. The Morgan fingerprint density at radius 1 is 1.19 bits per heavy atom. The van der Waals surface area contributed by atoms with Gasteiger partial charge < -0.3 is 14.2 Å². The quantitative estimate of drug-likeness (QED) is 0.342. The number of carbonyl (C=O) groups excluding carboxylic acids is 2. The van der Waals surface area contributed by atoms with Gasteiger partial charge in [-0.05, 0) is 42.1 Å². The molecule has 1 fully saturated rings. The minimum Gasteiger partial charge on any atom is -0.468 e. The van der Waals surface area contributed by atoms with E-state index in [4.69, 9.17) is 22.2 Å². The van der Waals surface area contributed by atoms with Crippen LogP contribution in [0.2, 0.25) is 0 Å². The number of fused-ring (bicyclic) bond motifs is 1. The van der Waals surface area contributed by atoms with E-state index in [9.17, 15) is 9.59 Å². The van der Waals surface area contributed by atoms with Crippen LogP contribution in [0.5, 0.6) is 0 Å². The number of thiocarbonyl (C=S) groups is 1. The maximum Gasteiger partial charge on any atom is 0.325 e. The first-order valence-corrected chi connectivity index (χ1v) is 10.3. The lowest BCUT2D eigenvalue weighted by atomic mass is 10.1. The number of hydrogen-bond acceptors (Lipinski definition) is 5. The lowest BCUT2D eigenvalue weighted by Gasteiger charge is -2.16. The lowest BCUT2D eigenvalue weighted by molar-refractivity contribution is -0.140. The van der Waals surface area contributed by atoms with Crippen molar-refractivity contribution in [2.24, 2.45) is 0 Å². The minimum absolute atomic E-state index is 0.138. The first kappa shape index (κ1) is 21.3. The van der Waals surface area contributed by atoms with Gasteiger partial charge >= 0.3 is 5.97 Å². The molecule has 1 saturated heterocycles. The maximum atomic E-state index is 12.8. The Labute approximate surface area is 190 Å². The third-order valence-electron chi connectivity index (χ3n) is 5.39.